The highest BCUT2D eigenvalue weighted by atomic mass is 35.5. The lowest BCUT2D eigenvalue weighted by Gasteiger charge is -2.29. The van der Waals surface area contributed by atoms with E-state index < -0.39 is 0 Å². The monoisotopic (exact) mass is 447 g/mol. The van der Waals surface area contributed by atoms with Crippen molar-refractivity contribution in [3.8, 4) is 0 Å². The molecule has 0 aliphatic carbocycles. The molecule has 1 aliphatic rings. The second kappa shape index (κ2) is 8.16. The van der Waals surface area contributed by atoms with Gasteiger partial charge in [-0.1, -0.05) is 60.2 Å². The number of hydrogen-bond donors (Lipinski definition) is 0. The Labute approximate surface area is 189 Å². The quantitative estimate of drug-likeness (QED) is 0.477. The Bertz CT molecular complexity index is 1450. The summed E-state index contributed by atoms with van der Waals surface area (Å²) in [6.45, 7) is 1.61. The van der Waals surface area contributed by atoms with E-state index in [-0.39, 0.29) is 17.8 Å². The summed E-state index contributed by atoms with van der Waals surface area (Å²) in [5, 5.41) is 0.635. The van der Waals surface area contributed by atoms with Crippen LogP contribution < -0.4 is 16.1 Å². The van der Waals surface area contributed by atoms with Crippen molar-refractivity contribution in [3.63, 3.8) is 0 Å². The standard InChI is InChI=1S/C24H22ClN5O2/c1-27-21-20(22(31)30(24(27)32)13-6-10-17-8-3-2-4-9-17)29-15-7-14-28(23(29)26-21)19-12-5-11-18(25)16-19/h2-6,8-12,16H,7,13-15H2,1H3/b10-6+. The van der Waals surface area contributed by atoms with E-state index in [9.17, 15) is 9.59 Å². The van der Waals surface area contributed by atoms with Crippen molar-refractivity contribution in [1.82, 2.24) is 18.7 Å². The van der Waals surface area contributed by atoms with Crippen molar-refractivity contribution >= 4 is 40.5 Å². The molecule has 0 bridgehead atoms. The Hall–Kier alpha value is -3.58. The molecule has 2 aromatic carbocycles. The molecule has 1 aliphatic heterocycles. The third-order valence-corrected chi connectivity index (χ3v) is 5.97. The van der Waals surface area contributed by atoms with Gasteiger partial charge in [0.15, 0.2) is 11.2 Å². The van der Waals surface area contributed by atoms with Gasteiger partial charge in [0.2, 0.25) is 5.95 Å². The fourth-order valence-electron chi connectivity index (χ4n) is 4.17. The molecule has 4 aromatic rings. The van der Waals surface area contributed by atoms with Crippen LogP contribution in [0.3, 0.4) is 0 Å². The van der Waals surface area contributed by atoms with Crippen LogP contribution in [0.2, 0.25) is 5.02 Å². The summed E-state index contributed by atoms with van der Waals surface area (Å²) >= 11 is 6.20. The second-order valence-corrected chi connectivity index (χ2v) is 8.23. The fraction of sp³-hybridized carbons (Fsp3) is 0.208. The molecule has 0 fully saturated rings. The molecule has 8 heteroatoms. The zero-order chi connectivity index (χ0) is 22.2. The van der Waals surface area contributed by atoms with Gasteiger partial charge in [0, 0.05) is 37.4 Å². The number of aromatic nitrogens is 4. The molecule has 0 radical (unpaired) electrons. The van der Waals surface area contributed by atoms with Gasteiger partial charge in [0.1, 0.15) is 0 Å². The van der Waals surface area contributed by atoms with E-state index in [4.69, 9.17) is 16.6 Å². The highest BCUT2D eigenvalue weighted by Crippen LogP contribution is 2.32. The Morgan fingerprint density at radius 2 is 1.88 bits per heavy atom. The molecule has 0 saturated heterocycles. The number of benzene rings is 2. The van der Waals surface area contributed by atoms with Crippen LogP contribution in [0.25, 0.3) is 17.2 Å². The van der Waals surface area contributed by atoms with Crippen molar-refractivity contribution in [3.05, 3.63) is 92.1 Å². The van der Waals surface area contributed by atoms with Crippen LogP contribution in [0.1, 0.15) is 12.0 Å². The molecular formula is C24H22ClN5O2. The number of fused-ring (bicyclic) bond motifs is 3. The number of nitrogens with zero attached hydrogens (tertiary/aromatic N) is 5. The Kier molecular flexibility index (Phi) is 5.19. The van der Waals surface area contributed by atoms with Gasteiger partial charge >= 0.3 is 5.69 Å². The van der Waals surface area contributed by atoms with Crippen LogP contribution in [0.4, 0.5) is 11.6 Å². The smallest absolute Gasteiger partial charge is 0.312 e. The van der Waals surface area contributed by atoms with Crippen LogP contribution in [-0.2, 0) is 20.1 Å². The van der Waals surface area contributed by atoms with Gasteiger partial charge in [-0.25, -0.2) is 4.79 Å². The number of allylic oxidation sites excluding steroid dienone is 1. The molecule has 7 nitrogen and oxygen atoms in total. The van der Waals surface area contributed by atoms with Crippen LogP contribution in [0.15, 0.2) is 70.3 Å². The summed E-state index contributed by atoms with van der Waals surface area (Å²) in [4.78, 5) is 33.1. The van der Waals surface area contributed by atoms with E-state index in [1.807, 2.05) is 76.2 Å². The largest absolute Gasteiger partial charge is 0.332 e. The van der Waals surface area contributed by atoms with Crippen LogP contribution in [0.5, 0.6) is 0 Å². The van der Waals surface area contributed by atoms with Crippen LogP contribution in [0, 0.1) is 0 Å². The third-order valence-electron chi connectivity index (χ3n) is 5.73. The lowest BCUT2D eigenvalue weighted by atomic mass is 10.2. The van der Waals surface area contributed by atoms with Gasteiger partial charge in [-0.3, -0.25) is 13.9 Å². The highest BCUT2D eigenvalue weighted by molar-refractivity contribution is 6.30. The first-order chi connectivity index (χ1) is 15.5. The molecule has 0 N–H and O–H groups in total. The molecule has 0 saturated carbocycles. The van der Waals surface area contributed by atoms with Gasteiger partial charge in [0.05, 0.1) is 0 Å². The second-order valence-electron chi connectivity index (χ2n) is 7.79. The van der Waals surface area contributed by atoms with Gasteiger partial charge in [-0.2, -0.15) is 4.98 Å². The van der Waals surface area contributed by atoms with Gasteiger partial charge in [-0.15, -0.1) is 0 Å². The summed E-state index contributed by atoms with van der Waals surface area (Å²) < 4.78 is 4.63. The zero-order valence-electron chi connectivity index (χ0n) is 17.6. The van der Waals surface area contributed by atoms with Gasteiger partial charge in [0.25, 0.3) is 5.56 Å². The van der Waals surface area contributed by atoms with Crippen LogP contribution >= 0.6 is 11.6 Å². The van der Waals surface area contributed by atoms with Gasteiger partial charge in [-0.05, 0) is 30.2 Å². The lowest BCUT2D eigenvalue weighted by Crippen LogP contribution is -2.39. The summed E-state index contributed by atoms with van der Waals surface area (Å²) in [5.74, 6) is 0.651. The number of hydrogen-bond acceptors (Lipinski definition) is 4. The number of imidazole rings is 1. The topological polar surface area (TPSA) is 65.1 Å². The predicted octanol–water partition coefficient (Wildman–Crippen LogP) is 3.81. The maximum atomic E-state index is 13.4. The average Bonchev–Trinajstić information content (AvgIpc) is 3.20. The molecule has 162 valence electrons. The molecule has 32 heavy (non-hydrogen) atoms. The van der Waals surface area contributed by atoms with E-state index in [2.05, 4.69) is 0 Å². The molecule has 2 aromatic heterocycles. The average molecular weight is 448 g/mol. The lowest BCUT2D eigenvalue weighted by molar-refractivity contribution is 0.598. The SMILES string of the molecule is Cn1c(=O)n(C/C=C/c2ccccc2)c(=O)c2c1nc1n2CCCN1c1cccc(Cl)c1. The minimum absolute atomic E-state index is 0.189. The number of halogens is 1. The first-order valence-corrected chi connectivity index (χ1v) is 10.9. The van der Waals surface area contributed by atoms with Crippen molar-refractivity contribution in [2.45, 2.75) is 19.5 Å². The maximum absolute atomic E-state index is 13.4. The minimum Gasteiger partial charge on any atom is -0.312 e. The number of aryl methyl sites for hydroxylation is 2. The summed E-state index contributed by atoms with van der Waals surface area (Å²) in [7, 11) is 1.66. The molecule has 5 rings (SSSR count). The predicted molar refractivity (Wildman–Crippen MR) is 128 cm³/mol. The normalized spacial score (nSPS) is 13.8. The van der Waals surface area contributed by atoms with E-state index >= 15 is 0 Å². The summed E-state index contributed by atoms with van der Waals surface area (Å²) in [6.07, 6.45) is 4.58. The Morgan fingerprint density at radius 3 is 2.66 bits per heavy atom. The summed E-state index contributed by atoms with van der Waals surface area (Å²) in [5.41, 5.74) is 2.05. The van der Waals surface area contributed by atoms with E-state index in [0.29, 0.717) is 28.7 Å². The zero-order valence-corrected chi connectivity index (χ0v) is 18.4. The summed E-state index contributed by atoms with van der Waals surface area (Å²) in [6, 6.07) is 17.3. The van der Waals surface area contributed by atoms with E-state index in [0.717, 1.165) is 24.2 Å². The number of anilines is 2. The van der Waals surface area contributed by atoms with E-state index in [1.165, 1.54) is 9.13 Å². The van der Waals surface area contributed by atoms with Crippen LogP contribution in [-0.4, -0.2) is 25.2 Å². The molecular weight excluding hydrogens is 426 g/mol. The Balaban J connectivity index is 1.61. The van der Waals surface area contributed by atoms with Crippen molar-refractivity contribution in [2.75, 3.05) is 11.4 Å². The minimum atomic E-state index is -0.384. The Morgan fingerprint density at radius 1 is 1.06 bits per heavy atom. The third kappa shape index (κ3) is 3.44. The molecule has 0 unspecified atom stereocenters. The fourth-order valence-corrected chi connectivity index (χ4v) is 4.36. The molecule has 3 heterocycles. The first kappa shape index (κ1) is 20.3. The molecule has 0 atom stereocenters. The molecule has 0 amide bonds. The highest BCUT2D eigenvalue weighted by Gasteiger charge is 2.26. The molecule has 0 spiro atoms. The van der Waals surface area contributed by atoms with E-state index in [1.54, 1.807) is 7.05 Å². The first-order valence-electron chi connectivity index (χ1n) is 10.5. The van der Waals surface area contributed by atoms with Gasteiger partial charge < -0.3 is 9.47 Å². The van der Waals surface area contributed by atoms with Crippen molar-refractivity contribution in [2.24, 2.45) is 7.05 Å². The van der Waals surface area contributed by atoms with Crippen molar-refractivity contribution in [1.29, 1.82) is 0 Å². The van der Waals surface area contributed by atoms with Crippen molar-refractivity contribution < 1.29 is 0 Å². The number of rotatable bonds is 4. The maximum Gasteiger partial charge on any atom is 0.332 e.